The molecule has 0 radical (unpaired) electrons. The van der Waals surface area contributed by atoms with Gasteiger partial charge in [-0.15, -0.1) is 25.3 Å². The van der Waals surface area contributed by atoms with Crippen molar-refractivity contribution in [2.45, 2.75) is 17.6 Å². The molecule has 0 saturated heterocycles. The zero-order valence-electron chi connectivity index (χ0n) is 5.00. The van der Waals surface area contributed by atoms with Crippen molar-refractivity contribution in [2.24, 2.45) is 0 Å². The highest BCUT2D eigenvalue weighted by molar-refractivity contribution is 8.00. The Morgan fingerprint density at radius 1 is 1.38 bits per heavy atom. The van der Waals surface area contributed by atoms with E-state index in [1.165, 1.54) is 0 Å². The predicted octanol–water partition coefficient (Wildman–Crippen LogP) is 0.511. The lowest BCUT2D eigenvalue weighted by molar-refractivity contribution is 0.231. The van der Waals surface area contributed by atoms with E-state index in [4.69, 9.17) is 10.2 Å². The highest BCUT2D eigenvalue weighted by Crippen LogP contribution is 2.17. The lowest BCUT2D eigenvalue weighted by Crippen LogP contribution is -2.07. The Bertz CT molecular complexity index is 41.8. The minimum Gasteiger partial charge on any atom is -0.400 e. The SMILES string of the molecule is CCC(O)(S)S.CO. The van der Waals surface area contributed by atoms with Gasteiger partial charge in [0.1, 0.15) is 0 Å². The standard InChI is InChI=1S/C3H8OS2.CH4O/c1-2-3(4,5)6;1-2/h4-6H,2H2,1H3;2H,1H3. The smallest absolute Gasteiger partial charge is 0.151 e. The Morgan fingerprint density at radius 2 is 1.50 bits per heavy atom. The van der Waals surface area contributed by atoms with E-state index in [0.29, 0.717) is 6.42 Å². The number of hydrogen-bond acceptors (Lipinski definition) is 4. The van der Waals surface area contributed by atoms with Crippen LogP contribution in [0.4, 0.5) is 0 Å². The predicted molar refractivity (Wildman–Crippen MR) is 41.4 cm³/mol. The van der Waals surface area contributed by atoms with Crippen molar-refractivity contribution in [3.05, 3.63) is 0 Å². The topological polar surface area (TPSA) is 40.5 Å². The number of hydrogen-bond donors (Lipinski definition) is 4. The fourth-order valence-electron chi connectivity index (χ4n) is 0. The molecule has 52 valence electrons. The zero-order chi connectivity index (χ0) is 7.21. The summed E-state index contributed by atoms with van der Waals surface area (Å²) in [6.45, 7) is 1.81. The van der Waals surface area contributed by atoms with Gasteiger partial charge in [0.15, 0.2) is 4.27 Å². The summed E-state index contributed by atoms with van der Waals surface area (Å²) in [7, 11) is 1.00. The van der Waals surface area contributed by atoms with Gasteiger partial charge in [0.05, 0.1) is 0 Å². The molecule has 0 bridgehead atoms. The fraction of sp³-hybridized carbons (Fsp3) is 1.00. The van der Waals surface area contributed by atoms with E-state index in [1.54, 1.807) is 6.92 Å². The molecule has 2 nitrogen and oxygen atoms in total. The second-order valence-corrected chi connectivity index (χ2v) is 2.96. The van der Waals surface area contributed by atoms with Crippen molar-refractivity contribution >= 4 is 25.3 Å². The molecule has 0 aromatic carbocycles. The first-order valence-electron chi connectivity index (χ1n) is 2.18. The third-order valence-electron chi connectivity index (χ3n) is 0.474. The van der Waals surface area contributed by atoms with E-state index in [1.807, 2.05) is 0 Å². The van der Waals surface area contributed by atoms with Crippen LogP contribution in [0.2, 0.25) is 0 Å². The van der Waals surface area contributed by atoms with Crippen LogP contribution in [0.5, 0.6) is 0 Å². The molecule has 0 aromatic rings. The van der Waals surface area contributed by atoms with E-state index in [2.05, 4.69) is 25.3 Å². The zero-order valence-corrected chi connectivity index (χ0v) is 6.78. The minimum atomic E-state index is -1.07. The van der Waals surface area contributed by atoms with Gasteiger partial charge in [-0.25, -0.2) is 0 Å². The lowest BCUT2D eigenvalue weighted by atomic mass is 10.5. The molecule has 0 saturated carbocycles. The summed E-state index contributed by atoms with van der Waals surface area (Å²) in [5.74, 6) is 0. The summed E-state index contributed by atoms with van der Waals surface area (Å²) in [5, 5.41) is 15.6. The molecule has 0 unspecified atom stereocenters. The summed E-state index contributed by atoms with van der Waals surface area (Å²) >= 11 is 7.35. The summed E-state index contributed by atoms with van der Waals surface area (Å²) in [6, 6.07) is 0. The van der Waals surface area contributed by atoms with Gasteiger partial charge in [-0.2, -0.15) is 0 Å². The first-order chi connectivity index (χ1) is 3.56. The Morgan fingerprint density at radius 3 is 1.50 bits per heavy atom. The summed E-state index contributed by atoms with van der Waals surface area (Å²) in [5.41, 5.74) is 0. The Labute approximate surface area is 60.7 Å². The number of aliphatic hydroxyl groups excluding tert-OH is 1. The highest BCUT2D eigenvalue weighted by Gasteiger charge is 2.08. The molecular formula is C4H12O2S2. The van der Waals surface area contributed by atoms with Gasteiger partial charge < -0.3 is 10.2 Å². The highest BCUT2D eigenvalue weighted by atomic mass is 32.2. The summed E-state index contributed by atoms with van der Waals surface area (Å²) in [4.78, 5) is 0. The number of rotatable bonds is 1. The fourth-order valence-corrected chi connectivity index (χ4v) is 0. The van der Waals surface area contributed by atoms with Crippen LogP contribution in [0.25, 0.3) is 0 Å². The quantitative estimate of drug-likeness (QED) is 0.330. The van der Waals surface area contributed by atoms with Gasteiger partial charge in [0, 0.05) is 7.11 Å². The third-order valence-corrected chi connectivity index (χ3v) is 1.11. The van der Waals surface area contributed by atoms with Gasteiger partial charge in [-0.3, -0.25) is 0 Å². The third kappa shape index (κ3) is 16.0. The van der Waals surface area contributed by atoms with E-state index in [9.17, 15) is 0 Å². The molecule has 0 heterocycles. The molecule has 0 fully saturated rings. The van der Waals surface area contributed by atoms with Crippen LogP contribution >= 0.6 is 25.3 Å². The molecule has 0 atom stereocenters. The van der Waals surface area contributed by atoms with Crippen LogP contribution in [0.3, 0.4) is 0 Å². The second-order valence-electron chi connectivity index (χ2n) is 1.13. The average molecular weight is 156 g/mol. The Kier molecular flexibility index (Phi) is 8.21. The van der Waals surface area contributed by atoms with Crippen molar-refractivity contribution in [2.75, 3.05) is 7.11 Å². The molecule has 0 aliphatic carbocycles. The van der Waals surface area contributed by atoms with Crippen molar-refractivity contribution in [3.63, 3.8) is 0 Å². The molecular weight excluding hydrogens is 144 g/mol. The molecule has 0 aliphatic rings. The molecule has 0 aromatic heterocycles. The van der Waals surface area contributed by atoms with Gasteiger partial charge in [0.25, 0.3) is 0 Å². The lowest BCUT2D eigenvalue weighted by Gasteiger charge is -2.09. The monoisotopic (exact) mass is 156 g/mol. The Balaban J connectivity index is 0. The van der Waals surface area contributed by atoms with Gasteiger partial charge in [-0.1, -0.05) is 6.92 Å². The summed E-state index contributed by atoms with van der Waals surface area (Å²) < 4.78 is -1.07. The molecule has 8 heavy (non-hydrogen) atoms. The van der Waals surface area contributed by atoms with E-state index < -0.39 is 4.27 Å². The maximum Gasteiger partial charge on any atom is 0.151 e. The Hall–Kier alpha value is 0.620. The van der Waals surface area contributed by atoms with Crippen LogP contribution in [0, 0.1) is 0 Å². The van der Waals surface area contributed by atoms with Crippen molar-refractivity contribution in [1.29, 1.82) is 0 Å². The van der Waals surface area contributed by atoms with Crippen molar-refractivity contribution in [3.8, 4) is 0 Å². The van der Waals surface area contributed by atoms with Crippen LogP contribution in [0.1, 0.15) is 13.3 Å². The molecule has 0 amide bonds. The summed E-state index contributed by atoms with van der Waals surface area (Å²) in [6.07, 6.45) is 0.555. The maximum atomic E-state index is 8.55. The first-order valence-corrected chi connectivity index (χ1v) is 3.07. The van der Waals surface area contributed by atoms with Gasteiger partial charge in [0.2, 0.25) is 0 Å². The van der Waals surface area contributed by atoms with E-state index >= 15 is 0 Å². The van der Waals surface area contributed by atoms with E-state index in [0.717, 1.165) is 7.11 Å². The molecule has 0 aliphatic heterocycles. The van der Waals surface area contributed by atoms with Crippen molar-refractivity contribution < 1.29 is 10.2 Å². The number of aliphatic hydroxyl groups is 2. The maximum absolute atomic E-state index is 8.55. The first kappa shape index (κ1) is 11.4. The largest absolute Gasteiger partial charge is 0.400 e. The van der Waals surface area contributed by atoms with Crippen LogP contribution in [0.15, 0.2) is 0 Å². The van der Waals surface area contributed by atoms with E-state index in [-0.39, 0.29) is 0 Å². The molecule has 0 rings (SSSR count). The number of thiol groups is 2. The van der Waals surface area contributed by atoms with Crippen LogP contribution in [-0.4, -0.2) is 21.6 Å². The van der Waals surface area contributed by atoms with Gasteiger partial charge >= 0.3 is 0 Å². The molecule has 0 spiro atoms. The normalized spacial score (nSPS) is 9.75. The molecule has 4 heteroatoms. The second kappa shape index (κ2) is 5.75. The minimum absolute atomic E-state index is 0.555. The van der Waals surface area contributed by atoms with Gasteiger partial charge in [-0.05, 0) is 6.42 Å². The van der Waals surface area contributed by atoms with Crippen LogP contribution < -0.4 is 0 Å². The van der Waals surface area contributed by atoms with Crippen molar-refractivity contribution in [1.82, 2.24) is 0 Å². The van der Waals surface area contributed by atoms with Crippen LogP contribution in [-0.2, 0) is 0 Å². The molecule has 2 N–H and O–H groups in total. The average Bonchev–Trinajstić information content (AvgIpc) is 1.71.